The maximum Gasteiger partial charge on any atom is 0.304 e. The Hall–Kier alpha value is -2.32. The molecule has 0 spiro atoms. The summed E-state index contributed by atoms with van der Waals surface area (Å²) in [5.41, 5.74) is 1.84. The number of nitrogens with one attached hydrogen (secondary N) is 1. The summed E-state index contributed by atoms with van der Waals surface area (Å²) in [6.45, 7) is 0.463. The van der Waals surface area contributed by atoms with E-state index in [1.54, 1.807) is 0 Å². The van der Waals surface area contributed by atoms with Crippen LogP contribution in [0.15, 0.2) is 42.5 Å². The largest absolute Gasteiger partial charge is 0.304 e. The molecule has 27 heavy (non-hydrogen) atoms. The molecule has 0 radical (unpaired) electrons. The lowest BCUT2D eigenvalue weighted by Gasteiger charge is -2.27. The van der Waals surface area contributed by atoms with Crippen LogP contribution in [-0.2, 0) is 28.0 Å². The average Bonchev–Trinajstić information content (AvgIpc) is 3.41. The van der Waals surface area contributed by atoms with Crippen LogP contribution < -0.4 is 4.72 Å². The molecule has 1 heterocycles. The Morgan fingerprint density at radius 1 is 1.04 bits per heavy atom. The zero-order valence-corrected chi connectivity index (χ0v) is 15.2. The van der Waals surface area contributed by atoms with Crippen LogP contribution in [0.25, 0.3) is 0 Å². The minimum absolute atomic E-state index is 0.151. The number of benzene rings is 2. The molecule has 1 N–H and O–H groups in total. The van der Waals surface area contributed by atoms with Gasteiger partial charge < -0.3 is 0 Å². The van der Waals surface area contributed by atoms with Crippen molar-refractivity contribution >= 4 is 16.1 Å². The van der Waals surface area contributed by atoms with E-state index < -0.39 is 39.6 Å². The number of halogens is 2. The van der Waals surface area contributed by atoms with Crippen LogP contribution in [-0.4, -0.2) is 25.2 Å². The lowest BCUT2D eigenvalue weighted by Crippen LogP contribution is -2.46. The SMILES string of the molecule is O=C(NS(=O)(=O)N1CCc2ccccc2C1)C1CC1c1c(F)cccc1F. The summed E-state index contributed by atoms with van der Waals surface area (Å²) < 4.78 is 56.1. The predicted octanol–water partition coefficient (Wildman–Crippen LogP) is 2.49. The second-order valence-electron chi connectivity index (χ2n) is 6.91. The number of nitrogens with zero attached hydrogens (tertiary/aromatic N) is 1. The van der Waals surface area contributed by atoms with E-state index in [1.807, 2.05) is 24.3 Å². The Labute approximate surface area is 156 Å². The summed E-state index contributed by atoms with van der Waals surface area (Å²) >= 11 is 0. The van der Waals surface area contributed by atoms with Gasteiger partial charge in [-0.2, -0.15) is 12.7 Å². The molecule has 0 bridgehead atoms. The third kappa shape index (κ3) is 3.46. The van der Waals surface area contributed by atoms with Crippen molar-refractivity contribution in [3.63, 3.8) is 0 Å². The van der Waals surface area contributed by atoms with E-state index in [0.717, 1.165) is 23.3 Å². The highest BCUT2D eigenvalue weighted by molar-refractivity contribution is 7.87. The molecule has 2 atom stereocenters. The second kappa shape index (κ2) is 6.69. The fourth-order valence-electron chi connectivity index (χ4n) is 3.61. The molecule has 5 nitrogen and oxygen atoms in total. The van der Waals surface area contributed by atoms with Crippen molar-refractivity contribution < 1.29 is 22.0 Å². The van der Waals surface area contributed by atoms with Crippen LogP contribution in [0.1, 0.15) is 29.0 Å². The molecule has 2 aromatic rings. The van der Waals surface area contributed by atoms with E-state index in [1.165, 1.54) is 10.4 Å². The van der Waals surface area contributed by atoms with Crippen molar-refractivity contribution in [2.45, 2.75) is 25.3 Å². The molecule has 2 aromatic carbocycles. The van der Waals surface area contributed by atoms with Crippen molar-refractivity contribution in [2.24, 2.45) is 5.92 Å². The standard InChI is InChI=1S/C19H18F2N2O3S/c20-16-6-3-7-17(21)18(16)14-10-15(14)19(24)22-27(25,26)23-9-8-12-4-1-2-5-13(12)11-23/h1-7,14-15H,8-11H2,(H,22,24). The average molecular weight is 392 g/mol. The lowest BCUT2D eigenvalue weighted by atomic mass is 10.0. The molecule has 4 rings (SSSR count). The first-order chi connectivity index (χ1) is 12.9. The van der Waals surface area contributed by atoms with Crippen LogP contribution in [0.3, 0.4) is 0 Å². The van der Waals surface area contributed by atoms with Gasteiger partial charge in [0.25, 0.3) is 0 Å². The van der Waals surface area contributed by atoms with E-state index >= 15 is 0 Å². The quantitative estimate of drug-likeness (QED) is 0.869. The lowest BCUT2D eigenvalue weighted by molar-refractivity contribution is -0.120. The number of fused-ring (bicyclic) bond motifs is 1. The third-order valence-electron chi connectivity index (χ3n) is 5.16. The van der Waals surface area contributed by atoms with Gasteiger partial charge in [-0.25, -0.2) is 13.5 Å². The summed E-state index contributed by atoms with van der Waals surface area (Å²) in [5.74, 6) is -3.54. The molecule has 8 heteroatoms. The number of carbonyl (C=O) groups is 1. The van der Waals surface area contributed by atoms with Crippen LogP contribution in [0.5, 0.6) is 0 Å². The number of rotatable bonds is 4. The second-order valence-corrected chi connectivity index (χ2v) is 8.58. The Balaban J connectivity index is 1.44. The first-order valence-electron chi connectivity index (χ1n) is 8.69. The maximum atomic E-state index is 13.8. The summed E-state index contributed by atoms with van der Waals surface area (Å²) in [6, 6.07) is 11.1. The van der Waals surface area contributed by atoms with Crippen molar-refractivity contribution in [2.75, 3.05) is 6.54 Å². The minimum Gasteiger partial charge on any atom is -0.274 e. The molecular weight excluding hydrogens is 374 g/mol. The zero-order valence-electron chi connectivity index (χ0n) is 14.4. The minimum atomic E-state index is -4.01. The van der Waals surface area contributed by atoms with Gasteiger partial charge in [-0.15, -0.1) is 0 Å². The van der Waals surface area contributed by atoms with Gasteiger partial charge in [-0.05, 0) is 36.1 Å². The molecule has 0 aromatic heterocycles. The van der Waals surface area contributed by atoms with Crippen molar-refractivity contribution in [3.8, 4) is 0 Å². The fraction of sp³-hybridized carbons (Fsp3) is 0.316. The Bertz CT molecular complexity index is 990. The highest BCUT2D eigenvalue weighted by Gasteiger charge is 2.48. The maximum absolute atomic E-state index is 13.8. The van der Waals surface area contributed by atoms with Gasteiger partial charge in [0.15, 0.2) is 0 Å². The van der Waals surface area contributed by atoms with E-state index in [0.29, 0.717) is 6.42 Å². The highest BCUT2D eigenvalue weighted by atomic mass is 32.2. The van der Waals surface area contributed by atoms with Crippen molar-refractivity contribution in [1.82, 2.24) is 9.03 Å². The predicted molar refractivity (Wildman–Crippen MR) is 94.8 cm³/mol. The van der Waals surface area contributed by atoms with E-state index in [4.69, 9.17) is 0 Å². The van der Waals surface area contributed by atoms with E-state index in [9.17, 15) is 22.0 Å². The van der Waals surface area contributed by atoms with E-state index in [-0.39, 0.29) is 25.1 Å². The van der Waals surface area contributed by atoms with Gasteiger partial charge in [-0.1, -0.05) is 30.3 Å². The molecular formula is C19H18F2N2O3S. The van der Waals surface area contributed by atoms with Gasteiger partial charge in [0, 0.05) is 30.5 Å². The third-order valence-corrected chi connectivity index (χ3v) is 6.61. The zero-order chi connectivity index (χ0) is 19.2. The van der Waals surface area contributed by atoms with Crippen LogP contribution in [0.4, 0.5) is 8.78 Å². The molecule has 1 aliphatic carbocycles. The Morgan fingerprint density at radius 3 is 2.41 bits per heavy atom. The Kier molecular flexibility index (Phi) is 4.47. The van der Waals surface area contributed by atoms with Crippen LogP contribution in [0, 0.1) is 17.6 Å². The number of hydrogen-bond donors (Lipinski definition) is 1. The Morgan fingerprint density at radius 2 is 1.70 bits per heavy atom. The summed E-state index contributed by atoms with van der Waals surface area (Å²) in [4.78, 5) is 12.4. The molecule has 1 fully saturated rings. The van der Waals surface area contributed by atoms with Crippen molar-refractivity contribution in [3.05, 3.63) is 70.8 Å². The first kappa shape index (κ1) is 18.1. The van der Waals surface area contributed by atoms with Gasteiger partial charge in [0.2, 0.25) is 5.91 Å². The first-order valence-corrected chi connectivity index (χ1v) is 10.1. The molecule has 142 valence electrons. The summed E-state index contributed by atoms with van der Waals surface area (Å²) in [6.07, 6.45) is 0.791. The molecule has 1 saturated carbocycles. The van der Waals surface area contributed by atoms with Gasteiger partial charge in [0.05, 0.1) is 0 Å². The summed E-state index contributed by atoms with van der Waals surface area (Å²) in [7, 11) is -4.01. The monoisotopic (exact) mass is 392 g/mol. The van der Waals surface area contributed by atoms with Crippen LogP contribution >= 0.6 is 0 Å². The van der Waals surface area contributed by atoms with Gasteiger partial charge >= 0.3 is 10.2 Å². The normalized spacial score (nSPS) is 22.1. The van der Waals surface area contributed by atoms with Crippen molar-refractivity contribution in [1.29, 1.82) is 0 Å². The molecule has 1 amide bonds. The molecule has 0 saturated heterocycles. The highest BCUT2D eigenvalue weighted by Crippen LogP contribution is 2.49. The van der Waals surface area contributed by atoms with Gasteiger partial charge in [-0.3, -0.25) is 4.79 Å². The number of carbonyl (C=O) groups excluding carboxylic acids is 1. The number of hydrogen-bond acceptors (Lipinski definition) is 3. The smallest absolute Gasteiger partial charge is 0.274 e. The molecule has 1 aliphatic heterocycles. The summed E-state index contributed by atoms with van der Waals surface area (Å²) in [5, 5.41) is 0. The van der Waals surface area contributed by atoms with Gasteiger partial charge in [0.1, 0.15) is 11.6 Å². The number of amides is 1. The van der Waals surface area contributed by atoms with Crippen LogP contribution in [0.2, 0.25) is 0 Å². The molecule has 2 unspecified atom stereocenters. The molecule has 2 aliphatic rings. The topological polar surface area (TPSA) is 66.5 Å². The fourth-order valence-corrected chi connectivity index (χ4v) is 4.79. The van der Waals surface area contributed by atoms with E-state index in [2.05, 4.69) is 4.72 Å².